The van der Waals surface area contributed by atoms with E-state index in [1.54, 1.807) is 0 Å². The first kappa shape index (κ1) is 30.6. The summed E-state index contributed by atoms with van der Waals surface area (Å²) in [4.78, 5) is 36.2. The van der Waals surface area contributed by atoms with Crippen LogP contribution in [0, 0.1) is 5.82 Å². The molecule has 0 aliphatic carbocycles. The summed E-state index contributed by atoms with van der Waals surface area (Å²) >= 11 is 5.22. The van der Waals surface area contributed by atoms with Gasteiger partial charge in [0.05, 0.1) is 12.7 Å². The maximum absolute atomic E-state index is 13.2. The zero-order valence-corrected chi connectivity index (χ0v) is 24.1. The summed E-state index contributed by atoms with van der Waals surface area (Å²) in [6.45, 7) is 2.23. The fourth-order valence-electron chi connectivity index (χ4n) is 3.61. The number of rotatable bonds is 19. The Balaban J connectivity index is 1.98. The lowest BCUT2D eigenvalue weighted by atomic mass is 10.0. The van der Waals surface area contributed by atoms with Gasteiger partial charge >= 0.3 is 11.7 Å². The summed E-state index contributed by atoms with van der Waals surface area (Å²) in [7, 11) is 0. The Morgan fingerprint density at radius 2 is 1.55 bits per heavy atom. The molecule has 1 aromatic heterocycles. The van der Waals surface area contributed by atoms with Gasteiger partial charge in [0.15, 0.2) is 0 Å². The van der Waals surface area contributed by atoms with Crippen LogP contribution < -0.4 is 11.2 Å². The van der Waals surface area contributed by atoms with Crippen molar-refractivity contribution < 1.29 is 13.9 Å². The Labute approximate surface area is 224 Å². The molecule has 0 saturated heterocycles. The molecule has 1 N–H and O–H groups in total. The van der Waals surface area contributed by atoms with Crippen LogP contribution in [0.5, 0.6) is 0 Å². The van der Waals surface area contributed by atoms with E-state index in [0.717, 1.165) is 37.9 Å². The fourth-order valence-corrected chi connectivity index (χ4v) is 5.37. The van der Waals surface area contributed by atoms with Crippen molar-refractivity contribution >= 4 is 51.2 Å². The summed E-state index contributed by atoms with van der Waals surface area (Å²) < 4.78 is 20.9. The topological polar surface area (TPSA) is 81.2 Å². The van der Waals surface area contributed by atoms with Gasteiger partial charge in [0.25, 0.3) is 5.56 Å². The standard InChI is InChI=1S/C24H39FI2N2O4/c1-2-3-7-11-19(26)13-10-14-20(27)12-8-5-4-6-9-15-22(30)33-17-16-29-18-21(25)23(31)28-24(29)32/h18-20H,2-17H2,1H3,(H,28,31,32). The summed E-state index contributed by atoms with van der Waals surface area (Å²) in [6.07, 6.45) is 17.2. The van der Waals surface area contributed by atoms with E-state index in [1.807, 2.05) is 4.98 Å². The van der Waals surface area contributed by atoms with Crippen LogP contribution in [0.15, 0.2) is 15.8 Å². The molecule has 2 atom stereocenters. The van der Waals surface area contributed by atoms with E-state index < -0.39 is 17.1 Å². The lowest BCUT2D eigenvalue weighted by molar-refractivity contribution is -0.144. The third kappa shape index (κ3) is 15.2. The number of hydrogen-bond donors (Lipinski definition) is 1. The second kappa shape index (κ2) is 18.8. The summed E-state index contributed by atoms with van der Waals surface area (Å²) in [5.41, 5.74) is -1.77. The van der Waals surface area contributed by atoms with Crippen molar-refractivity contribution in [1.29, 1.82) is 0 Å². The van der Waals surface area contributed by atoms with Crippen molar-refractivity contribution in [2.45, 2.75) is 111 Å². The summed E-state index contributed by atoms with van der Waals surface area (Å²) in [6, 6.07) is 0. The predicted molar refractivity (Wildman–Crippen MR) is 148 cm³/mol. The molecule has 0 fully saturated rings. The third-order valence-electron chi connectivity index (χ3n) is 5.62. The first-order valence-electron chi connectivity index (χ1n) is 12.3. The quantitative estimate of drug-likeness (QED) is 0.0799. The molecular weight excluding hydrogens is 653 g/mol. The van der Waals surface area contributed by atoms with E-state index in [9.17, 15) is 18.8 Å². The van der Waals surface area contributed by atoms with Gasteiger partial charge in [-0.3, -0.25) is 19.1 Å². The highest BCUT2D eigenvalue weighted by molar-refractivity contribution is 14.1. The van der Waals surface area contributed by atoms with Gasteiger partial charge < -0.3 is 4.74 Å². The zero-order chi connectivity index (χ0) is 24.5. The maximum atomic E-state index is 13.2. The number of halogens is 3. The monoisotopic (exact) mass is 692 g/mol. The summed E-state index contributed by atoms with van der Waals surface area (Å²) in [5.74, 6) is -1.36. The number of alkyl halides is 2. The molecule has 2 unspecified atom stereocenters. The minimum Gasteiger partial charge on any atom is -0.464 e. The number of esters is 1. The van der Waals surface area contributed by atoms with Gasteiger partial charge in [-0.25, -0.2) is 4.79 Å². The highest BCUT2D eigenvalue weighted by Gasteiger charge is 2.09. The molecular formula is C24H39FI2N2O4. The van der Waals surface area contributed by atoms with Gasteiger partial charge in [-0.05, 0) is 32.1 Å². The van der Waals surface area contributed by atoms with Crippen LogP contribution in [0.3, 0.4) is 0 Å². The highest BCUT2D eigenvalue weighted by atomic mass is 127. The van der Waals surface area contributed by atoms with Crippen LogP contribution in [-0.2, 0) is 16.1 Å². The fraction of sp³-hybridized carbons (Fsp3) is 0.792. The van der Waals surface area contributed by atoms with Gasteiger partial charge in [0, 0.05) is 14.3 Å². The first-order chi connectivity index (χ1) is 15.8. The largest absolute Gasteiger partial charge is 0.464 e. The van der Waals surface area contributed by atoms with Crippen molar-refractivity contribution in [2.24, 2.45) is 0 Å². The number of nitrogens with one attached hydrogen (secondary N) is 1. The van der Waals surface area contributed by atoms with Crippen LogP contribution in [-0.4, -0.2) is 30.0 Å². The second-order valence-electron chi connectivity index (χ2n) is 8.58. The van der Waals surface area contributed by atoms with Crippen molar-refractivity contribution in [1.82, 2.24) is 9.55 Å². The van der Waals surface area contributed by atoms with Crippen LogP contribution in [0.4, 0.5) is 4.39 Å². The predicted octanol–water partition coefficient (Wildman–Crippen LogP) is 6.31. The number of H-pyrrole nitrogens is 1. The van der Waals surface area contributed by atoms with Crippen LogP contribution in [0.2, 0.25) is 0 Å². The van der Waals surface area contributed by atoms with Crippen LogP contribution in [0.1, 0.15) is 96.8 Å². The molecule has 190 valence electrons. The smallest absolute Gasteiger partial charge is 0.328 e. The number of nitrogens with zero attached hydrogens (tertiary/aromatic N) is 1. The normalized spacial score (nSPS) is 13.1. The highest BCUT2D eigenvalue weighted by Crippen LogP contribution is 2.23. The number of carbonyl (C=O) groups is 1. The zero-order valence-electron chi connectivity index (χ0n) is 19.8. The Kier molecular flexibility index (Phi) is 17.4. The van der Waals surface area contributed by atoms with Crippen molar-refractivity contribution in [3.05, 3.63) is 32.9 Å². The molecule has 1 heterocycles. The van der Waals surface area contributed by atoms with Gasteiger partial charge in [-0.15, -0.1) is 0 Å². The lowest BCUT2D eigenvalue weighted by Gasteiger charge is -2.12. The van der Waals surface area contributed by atoms with E-state index in [4.69, 9.17) is 4.74 Å². The second-order valence-corrected chi connectivity index (χ2v) is 12.1. The molecule has 1 aromatic rings. The average molecular weight is 692 g/mol. The van der Waals surface area contributed by atoms with Crippen LogP contribution >= 0.6 is 45.2 Å². The third-order valence-corrected chi connectivity index (χ3v) is 8.11. The van der Waals surface area contributed by atoms with Gasteiger partial charge in [-0.2, -0.15) is 4.39 Å². The molecule has 0 aliphatic rings. The molecule has 0 bridgehead atoms. The van der Waals surface area contributed by atoms with Gasteiger partial charge in [0.2, 0.25) is 5.82 Å². The Hall–Kier alpha value is -0.460. The number of aromatic nitrogens is 2. The van der Waals surface area contributed by atoms with Crippen LogP contribution in [0.25, 0.3) is 0 Å². The van der Waals surface area contributed by atoms with Crippen molar-refractivity contribution in [3.63, 3.8) is 0 Å². The van der Waals surface area contributed by atoms with Crippen molar-refractivity contribution in [2.75, 3.05) is 6.61 Å². The number of ether oxygens (including phenoxy) is 1. The van der Waals surface area contributed by atoms with E-state index in [1.165, 1.54) is 64.2 Å². The molecule has 33 heavy (non-hydrogen) atoms. The minimum atomic E-state index is -1.05. The Morgan fingerprint density at radius 3 is 2.21 bits per heavy atom. The Bertz CT molecular complexity index is 784. The number of hydrogen-bond acceptors (Lipinski definition) is 4. The van der Waals surface area contributed by atoms with Crippen molar-refractivity contribution in [3.8, 4) is 0 Å². The molecule has 0 amide bonds. The SMILES string of the molecule is CCCCCC(I)CCCC(I)CCCCCCCC(=O)OCCn1cc(F)c(=O)[nH]c1=O. The van der Waals surface area contributed by atoms with E-state index in [-0.39, 0.29) is 19.1 Å². The number of carbonyl (C=O) groups excluding carboxylic acids is 1. The molecule has 0 saturated carbocycles. The number of aromatic amines is 1. The molecule has 0 aromatic carbocycles. The lowest BCUT2D eigenvalue weighted by Crippen LogP contribution is -2.32. The van der Waals surface area contributed by atoms with Gasteiger partial charge in [-0.1, -0.05) is 103 Å². The van der Waals surface area contributed by atoms with E-state index in [2.05, 4.69) is 52.1 Å². The maximum Gasteiger partial charge on any atom is 0.328 e. The van der Waals surface area contributed by atoms with E-state index >= 15 is 0 Å². The molecule has 0 aliphatic heterocycles. The number of unbranched alkanes of at least 4 members (excludes halogenated alkanes) is 6. The summed E-state index contributed by atoms with van der Waals surface area (Å²) in [5, 5.41) is 0. The molecule has 0 radical (unpaired) electrons. The van der Waals surface area contributed by atoms with E-state index in [0.29, 0.717) is 6.42 Å². The average Bonchev–Trinajstić information content (AvgIpc) is 2.76. The van der Waals surface area contributed by atoms with Gasteiger partial charge in [0.1, 0.15) is 6.61 Å². The first-order valence-corrected chi connectivity index (χ1v) is 14.8. The molecule has 1 rings (SSSR count). The molecule has 9 heteroatoms. The Morgan fingerprint density at radius 1 is 0.970 bits per heavy atom. The molecule has 0 spiro atoms. The molecule has 6 nitrogen and oxygen atoms in total. The minimum absolute atomic E-state index is 0.00704.